The lowest BCUT2D eigenvalue weighted by molar-refractivity contribution is 0.149. The average molecular weight is 250 g/mol. The van der Waals surface area contributed by atoms with E-state index < -0.39 is 5.60 Å². The van der Waals surface area contributed by atoms with Gasteiger partial charge in [0.1, 0.15) is 11.6 Å². The molecule has 3 rings (SSSR count). The number of methoxy groups -OCH3 is 1. The number of benzene rings is 1. The van der Waals surface area contributed by atoms with Crippen LogP contribution in [0.2, 0.25) is 0 Å². The molecule has 0 amide bonds. The minimum absolute atomic E-state index is 0.106. The summed E-state index contributed by atoms with van der Waals surface area (Å²) in [7, 11) is 1.64. The van der Waals surface area contributed by atoms with E-state index in [2.05, 4.69) is 0 Å². The molecule has 1 aromatic rings. The molecule has 1 fully saturated rings. The molecule has 2 nitrogen and oxygen atoms in total. The highest BCUT2D eigenvalue weighted by Crippen LogP contribution is 2.41. The maximum atomic E-state index is 14.5. The Morgan fingerprint density at radius 2 is 1.94 bits per heavy atom. The topological polar surface area (TPSA) is 29.5 Å². The Kier molecular flexibility index (Phi) is 2.81. The Morgan fingerprint density at radius 3 is 2.56 bits per heavy atom. The Bertz CT molecular complexity index is 478. The Morgan fingerprint density at radius 1 is 1.28 bits per heavy atom. The number of hydrogen-bond donors (Lipinski definition) is 1. The third kappa shape index (κ3) is 2.01. The normalized spacial score (nSPS) is 20.4. The standard InChI is InChI=1S/C15H19FO2/c1-18-13-8-10(9-15(17)6-7-15)14(16)12-5-3-2-4-11(12)13/h8,17H,2-7,9H2,1H3. The highest BCUT2D eigenvalue weighted by molar-refractivity contribution is 5.47. The SMILES string of the molecule is COc1cc(CC2(O)CC2)c(F)c2c1CCCC2. The summed E-state index contributed by atoms with van der Waals surface area (Å²) < 4.78 is 19.9. The highest BCUT2D eigenvalue weighted by atomic mass is 19.1. The van der Waals surface area contributed by atoms with E-state index in [1.165, 1.54) is 0 Å². The van der Waals surface area contributed by atoms with Crippen molar-refractivity contribution in [2.24, 2.45) is 0 Å². The van der Waals surface area contributed by atoms with E-state index in [1.807, 2.05) is 0 Å². The van der Waals surface area contributed by atoms with Crippen LogP contribution in [0.1, 0.15) is 42.4 Å². The van der Waals surface area contributed by atoms with Crippen molar-refractivity contribution in [2.45, 2.75) is 50.5 Å². The molecule has 0 aromatic heterocycles. The maximum absolute atomic E-state index is 14.5. The number of rotatable bonds is 3. The number of aliphatic hydroxyl groups is 1. The molecule has 98 valence electrons. The second kappa shape index (κ2) is 4.23. The molecule has 1 aromatic carbocycles. The van der Waals surface area contributed by atoms with Gasteiger partial charge in [0.15, 0.2) is 0 Å². The molecular formula is C15H19FO2. The maximum Gasteiger partial charge on any atom is 0.130 e. The second-order valence-corrected chi connectivity index (χ2v) is 5.62. The molecule has 2 aliphatic rings. The molecule has 1 saturated carbocycles. The van der Waals surface area contributed by atoms with Crippen molar-refractivity contribution in [1.82, 2.24) is 0 Å². The average Bonchev–Trinajstić information content (AvgIpc) is 3.11. The molecule has 0 unspecified atom stereocenters. The van der Waals surface area contributed by atoms with Gasteiger partial charge in [0.25, 0.3) is 0 Å². The fraction of sp³-hybridized carbons (Fsp3) is 0.600. The summed E-state index contributed by atoms with van der Waals surface area (Å²) in [4.78, 5) is 0. The molecule has 0 bridgehead atoms. The second-order valence-electron chi connectivity index (χ2n) is 5.62. The molecule has 0 aliphatic heterocycles. The van der Waals surface area contributed by atoms with Gasteiger partial charge in [-0.2, -0.15) is 0 Å². The first-order valence-electron chi connectivity index (χ1n) is 6.72. The molecule has 3 heteroatoms. The van der Waals surface area contributed by atoms with Crippen LogP contribution in [0.25, 0.3) is 0 Å². The van der Waals surface area contributed by atoms with E-state index in [9.17, 15) is 9.50 Å². The fourth-order valence-corrected chi connectivity index (χ4v) is 2.91. The third-order valence-electron chi connectivity index (χ3n) is 4.18. The van der Waals surface area contributed by atoms with Crippen molar-refractivity contribution < 1.29 is 14.2 Å². The molecule has 0 heterocycles. The highest BCUT2D eigenvalue weighted by Gasteiger charge is 2.41. The first-order valence-corrected chi connectivity index (χ1v) is 6.72. The monoisotopic (exact) mass is 250 g/mol. The summed E-state index contributed by atoms with van der Waals surface area (Å²) in [6.45, 7) is 0. The minimum atomic E-state index is -0.658. The van der Waals surface area contributed by atoms with Crippen molar-refractivity contribution in [3.05, 3.63) is 28.6 Å². The van der Waals surface area contributed by atoms with Crippen molar-refractivity contribution in [1.29, 1.82) is 0 Å². The van der Waals surface area contributed by atoms with Gasteiger partial charge in [0, 0.05) is 12.0 Å². The van der Waals surface area contributed by atoms with E-state index in [1.54, 1.807) is 13.2 Å². The van der Waals surface area contributed by atoms with E-state index >= 15 is 0 Å². The number of fused-ring (bicyclic) bond motifs is 1. The van der Waals surface area contributed by atoms with Crippen LogP contribution in [0.15, 0.2) is 6.07 Å². The van der Waals surface area contributed by atoms with Crippen LogP contribution < -0.4 is 4.74 Å². The van der Waals surface area contributed by atoms with E-state index in [0.717, 1.165) is 55.4 Å². The van der Waals surface area contributed by atoms with Crippen molar-refractivity contribution in [3.63, 3.8) is 0 Å². The lowest BCUT2D eigenvalue weighted by Gasteiger charge is -2.22. The Balaban J connectivity index is 2.03. The molecule has 0 atom stereocenters. The zero-order chi connectivity index (χ0) is 12.8. The van der Waals surface area contributed by atoms with Gasteiger partial charge in [-0.15, -0.1) is 0 Å². The zero-order valence-corrected chi connectivity index (χ0v) is 10.8. The lowest BCUT2D eigenvalue weighted by atomic mass is 9.87. The number of hydrogen-bond acceptors (Lipinski definition) is 2. The Hall–Kier alpha value is -1.09. The first-order chi connectivity index (χ1) is 8.63. The van der Waals surface area contributed by atoms with Crippen LogP contribution in [0, 0.1) is 5.82 Å². The number of halogens is 1. The summed E-state index contributed by atoms with van der Waals surface area (Å²) in [6.07, 6.45) is 5.83. The van der Waals surface area contributed by atoms with Crippen molar-refractivity contribution >= 4 is 0 Å². The van der Waals surface area contributed by atoms with Crippen LogP contribution in [0.5, 0.6) is 5.75 Å². The van der Waals surface area contributed by atoms with Crippen molar-refractivity contribution in [3.8, 4) is 5.75 Å². The molecule has 0 radical (unpaired) electrons. The van der Waals surface area contributed by atoms with Crippen LogP contribution in [-0.4, -0.2) is 17.8 Å². The summed E-state index contributed by atoms with van der Waals surface area (Å²) in [5, 5.41) is 9.97. The first kappa shape index (κ1) is 12.0. The predicted molar refractivity (Wildman–Crippen MR) is 67.5 cm³/mol. The van der Waals surface area contributed by atoms with E-state index in [-0.39, 0.29) is 5.82 Å². The van der Waals surface area contributed by atoms with Crippen LogP contribution >= 0.6 is 0 Å². The largest absolute Gasteiger partial charge is 0.496 e. The smallest absolute Gasteiger partial charge is 0.130 e. The number of ether oxygens (including phenoxy) is 1. The molecule has 2 aliphatic carbocycles. The fourth-order valence-electron chi connectivity index (χ4n) is 2.91. The summed E-state index contributed by atoms with van der Waals surface area (Å²) in [5.74, 6) is 0.691. The van der Waals surface area contributed by atoms with Gasteiger partial charge in [-0.25, -0.2) is 4.39 Å². The van der Waals surface area contributed by atoms with E-state index in [0.29, 0.717) is 12.0 Å². The van der Waals surface area contributed by atoms with Gasteiger partial charge < -0.3 is 9.84 Å². The van der Waals surface area contributed by atoms with Crippen molar-refractivity contribution in [2.75, 3.05) is 7.11 Å². The van der Waals surface area contributed by atoms with Gasteiger partial charge in [-0.05, 0) is 55.7 Å². The minimum Gasteiger partial charge on any atom is -0.496 e. The molecule has 18 heavy (non-hydrogen) atoms. The molecule has 1 N–H and O–H groups in total. The van der Waals surface area contributed by atoms with E-state index in [4.69, 9.17) is 4.74 Å². The summed E-state index contributed by atoms with van der Waals surface area (Å²) >= 11 is 0. The van der Waals surface area contributed by atoms with Crippen LogP contribution in [0.3, 0.4) is 0 Å². The van der Waals surface area contributed by atoms with Gasteiger partial charge in [-0.1, -0.05) is 0 Å². The quantitative estimate of drug-likeness (QED) is 0.894. The zero-order valence-electron chi connectivity index (χ0n) is 10.8. The van der Waals surface area contributed by atoms with Crippen LogP contribution in [0.4, 0.5) is 4.39 Å². The van der Waals surface area contributed by atoms with Gasteiger partial charge in [-0.3, -0.25) is 0 Å². The Labute approximate surface area is 107 Å². The lowest BCUT2D eigenvalue weighted by Crippen LogP contribution is -2.16. The summed E-state index contributed by atoms with van der Waals surface area (Å²) in [5.41, 5.74) is 1.81. The summed E-state index contributed by atoms with van der Waals surface area (Å²) in [6, 6.07) is 1.79. The van der Waals surface area contributed by atoms with Crippen LogP contribution in [-0.2, 0) is 19.3 Å². The van der Waals surface area contributed by atoms with Gasteiger partial charge in [0.05, 0.1) is 12.7 Å². The molecule has 0 spiro atoms. The molecule has 0 saturated heterocycles. The predicted octanol–water partition coefficient (Wildman–Crippen LogP) is 2.78. The van der Waals surface area contributed by atoms with Gasteiger partial charge in [0.2, 0.25) is 0 Å². The third-order valence-corrected chi connectivity index (χ3v) is 4.18. The van der Waals surface area contributed by atoms with Gasteiger partial charge >= 0.3 is 0 Å². The molecular weight excluding hydrogens is 231 g/mol.